The fraction of sp³-hybridized carbons (Fsp3) is 0.778. The van der Waals surface area contributed by atoms with Crippen molar-refractivity contribution in [3.63, 3.8) is 0 Å². The van der Waals surface area contributed by atoms with E-state index in [1.54, 1.807) is 6.20 Å². The molecule has 1 unspecified atom stereocenters. The molecule has 7 heteroatoms. The Labute approximate surface area is 148 Å². The Hall–Kier alpha value is -1.44. The number of hydrogen-bond donors (Lipinski definition) is 2. The second-order valence-corrected chi connectivity index (χ2v) is 7.43. The van der Waals surface area contributed by atoms with Gasteiger partial charge in [0.15, 0.2) is 12.0 Å². The Bertz CT molecular complexity index is 652. The van der Waals surface area contributed by atoms with Crippen LogP contribution in [-0.2, 0) is 4.74 Å². The molecular formula is C18H29N3O4. The summed E-state index contributed by atoms with van der Waals surface area (Å²) in [5.74, 6) is 0.447. The minimum absolute atomic E-state index is 0.244. The molecular weight excluding hydrogens is 322 g/mol. The number of nitrogens with zero attached hydrogens (tertiary/aromatic N) is 2. The van der Waals surface area contributed by atoms with Gasteiger partial charge in [-0.15, -0.1) is 0 Å². The molecule has 1 aromatic heterocycles. The number of nitrogens with one attached hydrogen (secondary N) is 1. The number of hydrogen-bond acceptors (Lipinski definition) is 6. The first-order valence-corrected chi connectivity index (χ1v) is 9.29. The fourth-order valence-corrected chi connectivity index (χ4v) is 3.54. The monoisotopic (exact) mass is 351 g/mol. The van der Waals surface area contributed by atoms with Gasteiger partial charge in [-0.2, -0.15) is 5.10 Å². The van der Waals surface area contributed by atoms with Gasteiger partial charge < -0.3 is 19.9 Å². The molecule has 0 spiro atoms. The molecule has 0 bridgehead atoms. The van der Waals surface area contributed by atoms with Crippen LogP contribution in [0, 0.1) is 0 Å². The molecule has 3 atom stereocenters. The van der Waals surface area contributed by atoms with Gasteiger partial charge in [0, 0.05) is 6.61 Å². The summed E-state index contributed by atoms with van der Waals surface area (Å²) in [7, 11) is 0. The molecule has 1 saturated heterocycles. The van der Waals surface area contributed by atoms with Crippen molar-refractivity contribution in [2.45, 2.75) is 76.9 Å². The number of aliphatic hydroxyl groups excluding tert-OH is 1. The van der Waals surface area contributed by atoms with Crippen molar-refractivity contribution >= 4 is 0 Å². The SMILES string of the molecule is CCCCCN[C@H]1c2c(cnn(C3CCCO3)c2=O)OC(C)(C)[C@@H]1O. The maximum absolute atomic E-state index is 13.0. The van der Waals surface area contributed by atoms with Gasteiger partial charge in [0.05, 0.1) is 17.8 Å². The number of aliphatic hydroxyl groups is 1. The molecule has 0 radical (unpaired) electrons. The molecule has 1 fully saturated rings. The lowest BCUT2D eigenvalue weighted by Gasteiger charge is -2.42. The number of rotatable bonds is 6. The van der Waals surface area contributed by atoms with Gasteiger partial charge >= 0.3 is 0 Å². The topological polar surface area (TPSA) is 85.6 Å². The summed E-state index contributed by atoms with van der Waals surface area (Å²) in [4.78, 5) is 13.0. The summed E-state index contributed by atoms with van der Waals surface area (Å²) in [5.41, 5.74) is -0.583. The Balaban J connectivity index is 1.94. The molecule has 0 aliphatic carbocycles. The standard InChI is InChI=1S/C18H29N3O4/c1-4-5-6-9-19-15-14-12(25-18(2,3)16(15)22)11-20-21(17(14)23)13-8-7-10-24-13/h11,13,15-16,19,22H,4-10H2,1-3H3/t13?,15-,16+/m0/s1. The quantitative estimate of drug-likeness (QED) is 0.762. The van der Waals surface area contributed by atoms with Crippen LogP contribution in [-0.4, -0.2) is 39.7 Å². The van der Waals surface area contributed by atoms with E-state index in [2.05, 4.69) is 17.3 Å². The van der Waals surface area contributed by atoms with Crippen LogP contribution in [0.5, 0.6) is 5.75 Å². The molecule has 7 nitrogen and oxygen atoms in total. The largest absolute Gasteiger partial charge is 0.483 e. The van der Waals surface area contributed by atoms with Crippen LogP contribution >= 0.6 is 0 Å². The third-order valence-electron chi connectivity index (χ3n) is 5.04. The molecule has 1 aromatic rings. The number of fused-ring (bicyclic) bond motifs is 1. The van der Waals surface area contributed by atoms with Gasteiger partial charge in [0.1, 0.15) is 11.7 Å². The number of aromatic nitrogens is 2. The van der Waals surface area contributed by atoms with E-state index in [-0.39, 0.29) is 11.8 Å². The highest BCUT2D eigenvalue weighted by Gasteiger charge is 2.45. The zero-order valence-electron chi connectivity index (χ0n) is 15.3. The van der Waals surface area contributed by atoms with Crippen LogP contribution in [0.1, 0.15) is 70.7 Å². The van der Waals surface area contributed by atoms with Crippen LogP contribution in [0.25, 0.3) is 0 Å². The molecule has 2 N–H and O–H groups in total. The van der Waals surface area contributed by atoms with Gasteiger partial charge in [-0.05, 0) is 39.7 Å². The normalized spacial score (nSPS) is 27.8. The van der Waals surface area contributed by atoms with Crippen LogP contribution < -0.4 is 15.6 Å². The van der Waals surface area contributed by atoms with Crippen molar-refractivity contribution in [1.82, 2.24) is 15.1 Å². The highest BCUT2D eigenvalue weighted by atomic mass is 16.5. The minimum Gasteiger partial charge on any atom is -0.483 e. The van der Waals surface area contributed by atoms with Crippen LogP contribution in [0.2, 0.25) is 0 Å². The van der Waals surface area contributed by atoms with Crippen LogP contribution in [0.3, 0.4) is 0 Å². The van der Waals surface area contributed by atoms with Crippen molar-refractivity contribution in [3.8, 4) is 5.75 Å². The molecule has 2 aliphatic rings. The highest BCUT2D eigenvalue weighted by molar-refractivity contribution is 5.36. The first-order valence-electron chi connectivity index (χ1n) is 9.29. The summed E-state index contributed by atoms with van der Waals surface area (Å²) in [6.07, 6.45) is 5.35. The third-order valence-corrected chi connectivity index (χ3v) is 5.04. The molecule has 0 aromatic carbocycles. The Kier molecular flexibility index (Phi) is 5.46. The average molecular weight is 351 g/mol. The summed E-state index contributed by atoms with van der Waals surface area (Å²) in [6, 6.07) is -0.473. The Morgan fingerprint density at radius 1 is 1.44 bits per heavy atom. The lowest BCUT2D eigenvalue weighted by molar-refractivity contribution is -0.0665. The van der Waals surface area contributed by atoms with E-state index < -0.39 is 17.7 Å². The summed E-state index contributed by atoms with van der Waals surface area (Å²) in [6.45, 7) is 7.18. The second kappa shape index (κ2) is 7.43. The number of ether oxygens (including phenoxy) is 2. The summed E-state index contributed by atoms with van der Waals surface area (Å²) in [5, 5.41) is 18.4. The van der Waals surface area contributed by atoms with E-state index in [9.17, 15) is 9.90 Å². The van der Waals surface area contributed by atoms with Crippen LogP contribution in [0.4, 0.5) is 0 Å². The van der Waals surface area contributed by atoms with Gasteiger partial charge in [-0.1, -0.05) is 19.8 Å². The minimum atomic E-state index is -0.824. The van der Waals surface area contributed by atoms with E-state index in [4.69, 9.17) is 9.47 Å². The summed E-state index contributed by atoms with van der Waals surface area (Å²) >= 11 is 0. The van der Waals surface area contributed by atoms with Crippen LogP contribution in [0.15, 0.2) is 11.0 Å². The van der Waals surface area contributed by atoms with Crippen molar-refractivity contribution in [2.24, 2.45) is 0 Å². The van der Waals surface area contributed by atoms with E-state index in [0.29, 0.717) is 17.9 Å². The molecule has 3 rings (SSSR count). The van der Waals surface area contributed by atoms with Gasteiger partial charge in [-0.3, -0.25) is 4.79 Å². The number of unbranched alkanes of at least 4 members (excludes halogenated alkanes) is 2. The maximum Gasteiger partial charge on any atom is 0.277 e. The van der Waals surface area contributed by atoms with Gasteiger partial charge in [0.2, 0.25) is 0 Å². The summed E-state index contributed by atoms with van der Waals surface area (Å²) < 4.78 is 12.9. The lowest BCUT2D eigenvalue weighted by atomic mass is 9.87. The predicted molar refractivity (Wildman–Crippen MR) is 93.7 cm³/mol. The molecule has 25 heavy (non-hydrogen) atoms. The van der Waals surface area contributed by atoms with E-state index in [1.165, 1.54) is 4.68 Å². The third kappa shape index (κ3) is 3.59. The molecule has 2 aliphatic heterocycles. The lowest BCUT2D eigenvalue weighted by Crippen LogP contribution is -2.55. The Morgan fingerprint density at radius 3 is 2.92 bits per heavy atom. The highest BCUT2D eigenvalue weighted by Crippen LogP contribution is 2.37. The molecule has 3 heterocycles. The molecule has 0 saturated carbocycles. The van der Waals surface area contributed by atoms with Gasteiger partial charge in [-0.25, -0.2) is 4.68 Å². The first-order chi connectivity index (χ1) is 12.0. The second-order valence-electron chi connectivity index (χ2n) is 7.43. The molecule has 140 valence electrons. The Morgan fingerprint density at radius 2 is 2.24 bits per heavy atom. The predicted octanol–water partition coefficient (Wildman–Crippen LogP) is 1.91. The van der Waals surface area contributed by atoms with E-state index in [1.807, 2.05) is 13.8 Å². The zero-order valence-corrected chi connectivity index (χ0v) is 15.3. The molecule has 0 amide bonds. The van der Waals surface area contributed by atoms with Crippen molar-refractivity contribution < 1.29 is 14.6 Å². The zero-order chi connectivity index (χ0) is 18.0. The van der Waals surface area contributed by atoms with Crippen molar-refractivity contribution in [3.05, 3.63) is 22.1 Å². The van der Waals surface area contributed by atoms with E-state index in [0.717, 1.165) is 38.6 Å². The van der Waals surface area contributed by atoms with Crippen molar-refractivity contribution in [1.29, 1.82) is 0 Å². The van der Waals surface area contributed by atoms with Gasteiger partial charge in [0.25, 0.3) is 5.56 Å². The first kappa shape index (κ1) is 18.4. The van der Waals surface area contributed by atoms with E-state index >= 15 is 0 Å². The van der Waals surface area contributed by atoms with Crippen molar-refractivity contribution in [2.75, 3.05) is 13.2 Å². The average Bonchev–Trinajstić information content (AvgIpc) is 3.09. The fourth-order valence-electron chi connectivity index (χ4n) is 3.54. The smallest absolute Gasteiger partial charge is 0.277 e. The maximum atomic E-state index is 13.0.